The molecule has 3 rings (SSSR count). The number of aromatic nitrogens is 1. The summed E-state index contributed by atoms with van der Waals surface area (Å²) in [5.74, 6) is 1.57. The standard InChI is InChI=1S/C20H16F3NO4/c1-12-18(11-27-17-8-13(10-25)7-16(9-17)26-2)24-19(28-12)14-3-5-15(6-4-14)20(21,22)23/h3-10H,11H2,1-2H3. The van der Waals surface area contributed by atoms with E-state index in [0.29, 0.717) is 40.4 Å². The fourth-order valence-corrected chi connectivity index (χ4v) is 2.50. The van der Waals surface area contributed by atoms with Gasteiger partial charge in [0.05, 0.1) is 12.7 Å². The molecule has 1 aromatic heterocycles. The summed E-state index contributed by atoms with van der Waals surface area (Å²) in [4.78, 5) is 15.3. The molecular formula is C20H16F3NO4. The Morgan fingerprint density at radius 1 is 1.11 bits per heavy atom. The van der Waals surface area contributed by atoms with Crippen LogP contribution in [0.4, 0.5) is 13.2 Å². The predicted octanol–water partition coefficient (Wildman–Crippen LogP) is 5.07. The quantitative estimate of drug-likeness (QED) is 0.549. The van der Waals surface area contributed by atoms with Gasteiger partial charge in [-0.2, -0.15) is 13.2 Å². The SMILES string of the molecule is COc1cc(C=O)cc(OCc2nc(-c3ccc(C(F)(F)F)cc3)oc2C)c1. The minimum Gasteiger partial charge on any atom is -0.497 e. The van der Waals surface area contributed by atoms with E-state index in [1.54, 1.807) is 25.1 Å². The lowest BCUT2D eigenvalue weighted by Gasteiger charge is -2.08. The Hall–Kier alpha value is -3.29. The second-order valence-electron chi connectivity index (χ2n) is 5.95. The number of nitrogens with zero attached hydrogens (tertiary/aromatic N) is 1. The summed E-state index contributed by atoms with van der Waals surface area (Å²) >= 11 is 0. The van der Waals surface area contributed by atoms with Gasteiger partial charge in [0, 0.05) is 17.2 Å². The first kappa shape index (κ1) is 19.5. The molecule has 5 nitrogen and oxygen atoms in total. The zero-order valence-corrected chi connectivity index (χ0v) is 15.0. The first-order valence-electron chi connectivity index (χ1n) is 8.21. The minimum atomic E-state index is -4.40. The van der Waals surface area contributed by atoms with Crippen LogP contribution in [0.15, 0.2) is 46.9 Å². The number of methoxy groups -OCH3 is 1. The van der Waals surface area contributed by atoms with Gasteiger partial charge in [-0.3, -0.25) is 4.79 Å². The lowest BCUT2D eigenvalue weighted by molar-refractivity contribution is -0.137. The zero-order chi connectivity index (χ0) is 20.3. The third-order valence-electron chi connectivity index (χ3n) is 4.00. The number of rotatable bonds is 6. The molecule has 0 unspecified atom stereocenters. The summed E-state index contributed by atoms with van der Waals surface area (Å²) in [6.07, 6.45) is -3.72. The highest BCUT2D eigenvalue weighted by atomic mass is 19.4. The van der Waals surface area contributed by atoms with E-state index in [9.17, 15) is 18.0 Å². The molecule has 0 amide bonds. The first-order valence-corrected chi connectivity index (χ1v) is 8.21. The Morgan fingerprint density at radius 2 is 1.79 bits per heavy atom. The van der Waals surface area contributed by atoms with Gasteiger partial charge in [0.15, 0.2) is 0 Å². The van der Waals surface area contributed by atoms with Crippen molar-refractivity contribution in [2.75, 3.05) is 7.11 Å². The number of carbonyl (C=O) groups excluding carboxylic acids is 1. The average Bonchev–Trinajstić information content (AvgIpc) is 3.06. The molecule has 0 spiro atoms. The highest BCUT2D eigenvalue weighted by molar-refractivity contribution is 5.76. The van der Waals surface area contributed by atoms with Gasteiger partial charge in [-0.25, -0.2) is 4.98 Å². The monoisotopic (exact) mass is 391 g/mol. The summed E-state index contributed by atoms with van der Waals surface area (Å²) in [5, 5.41) is 0. The molecule has 0 aliphatic carbocycles. The van der Waals surface area contributed by atoms with E-state index in [1.807, 2.05) is 0 Å². The number of carbonyl (C=O) groups is 1. The van der Waals surface area contributed by atoms with E-state index >= 15 is 0 Å². The summed E-state index contributed by atoms with van der Waals surface area (Å²) in [5.41, 5.74) is 0.570. The maximum absolute atomic E-state index is 12.7. The lowest BCUT2D eigenvalue weighted by Crippen LogP contribution is -2.04. The Morgan fingerprint density at radius 3 is 2.39 bits per heavy atom. The first-order chi connectivity index (χ1) is 13.3. The summed E-state index contributed by atoms with van der Waals surface area (Å²) in [6.45, 7) is 1.74. The van der Waals surface area contributed by atoms with Crippen molar-refractivity contribution < 1.29 is 31.9 Å². The van der Waals surface area contributed by atoms with Crippen LogP contribution in [0.1, 0.15) is 27.4 Å². The second-order valence-corrected chi connectivity index (χ2v) is 5.95. The molecule has 0 fully saturated rings. The zero-order valence-electron chi connectivity index (χ0n) is 15.0. The fourth-order valence-electron chi connectivity index (χ4n) is 2.50. The minimum absolute atomic E-state index is 0.0570. The Kier molecular flexibility index (Phi) is 5.39. The molecule has 8 heteroatoms. The molecule has 0 N–H and O–H groups in total. The number of benzene rings is 2. The molecule has 0 bridgehead atoms. The number of aryl methyl sites for hydroxylation is 1. The molecule has 0 aliphatic heterocycles. The summed E-state index contributed by atoms with van der Waals surface area (Å²) < 4.78 is 54.3. The molecule has 146 valence electrons. The average molecular weight is 391 g/mol. The van der Waals surface area contributed by atoms with Crippen molar-refractivity contribution in [1.29, 1.82) is 0 Å². The van der Waals surface area contributed by atoms with Gasteiger partial charge in [-0.1, -0.05) is 0 Å². The van der Waals surface area contributed by atoms with Crippen LogP contribution >= 0.6 is 0 Å². The van der Waals surface area contributed by atoms with Crippen LogP contribution in [0.25, 0.3) is 11.5 Å². The van der Waals surface area contributed by atoms with E-state index in [4.69, 9.17) is 13.9 Å². The maximum Gasteiger partial charge on any atom is 0.416 e. The highest BCUT2D eigenvalue weighted by Gasteiger charge is 2.30. The Balaban J connectivity index is 1.77. The highest BCUT2D eigenvalue weighted by Crippen LogP contribution is 2.31. The lowest BCUT2D eigenvalue weighted by atomic mass is 10.1. The Labute approximate surface area is 158 Å². The van der Waals surface area contributed by atoms with E-state index < -0.39 is 11.7 Å². The smallest absolute Gasteiger partial charge is 0.416 e. The van der Waals surface area contributed by atoms with Crippen molar-refractivity contribution >= 4 is 6.29 Å². The van der Waals surface area contributed by atoms with Crippen LogP contribution in [0.5, 0.6) is 11.5 Å². The number of oxazole rings is 1. The van der Waals surface area contributed by atoms with E-state index in [-0.39, 0.29) is 12.5 Å². The third-order valence-corrected chi connectivity index (χ3v) is 4.00. The van der Waals surface area contributed by atoms with E-state index in [2.05, 4.69) is 4.98 Å². The third kappa shape index (κ3) is 4.33. The van der Waals surface area contributed by atoms with Crippen molar-refractivity contribution in [3.8, 4) is 23.0 Å². The van der Waals surface area contributed by atoms with Crippen LogP contribution in [-0.4, -0.2) is 18.4 Å². The van der Waals surface area contributed by atoms with Crippen molar-refractivity contribution in [3.63, 3.8) is 0 Å². The van der Waals surface area contributed by atoms with Crippen LogP contribution in [0.2, 0.25) is 0 Å². The molecule has 0 atom stereocenters. The molecule has 1 heterocycles. The number of halogens is 3. The molecule has 0 aliphatic rings. The van der Waals surface area contributed by atoms with Crippen LogP contribution in [0.3, 0.4) is 0 Å². The van der Waals surface area contributed by atoms with Crippen molar-refractivity contribution in [3.05, 3.63) is 65.0 Å². The topological polar surface area (TPSA) is 61.6 Å². The van der Waals surface area contributed by atoms with Gasteiger partial charge < -0.3 is 13.9 Å². The summed E-state index contributed by atoms with van der Waals surface area (Å²) in [6, 6.07) is 9.31. The summed E-state index contributed by atoms with van der Waals surface area (Å²) in [7, 11) is 1.48. The van der Waals surface area contributed by atoms with Gasteiger partial charge in [-0.05, 0) is 43.3 Å². The maximum atomic E-state index is 12.7. The van der Waals surface area contributed by atoms with Gasteiger partial charge >= 0.3 is 6.18 Å². The number of aldehydes is 1. The van der Waals surface area contributed by atoms with Crippen molar-refractivity contribution in [2.45, 2.75) is 19.7 Å². The largest absolute Gasteiger partial charge is 0.497 e. The van der Waals surface area contributed by atoms with Gasteiger partial charge in [0.25, 0.3) is 0 Å². The predicted molar refractivity (Wildman–Crippen MR) is 94.4 cm³/mol. The molecule has 0 saturated carbocycles. The van der Waals surface area contributed by atoms with Crippen LogP contribution in [-0.2, 0) is 12.8 Å². The van der Waals surface area contributed by atoms with Crippen molar-refractivity contribution in [1.82, 2.24) is 4.98 Å². The van der Waals surface area contributed by atoms with Crippen LogP contribution < -0.4 is 9.47 Å². The number of hydrogen-bond acceptors (Lipinski definition) is 5. The van der Waals surface area contributed by atoms with Crippen molar-refractivity contribution in [2.24, 2.45) is 0 Å². The molecule has 2 aromatic carbocycles. The molecule has 28 heavy (non-hydrogen) atoms. The Bertz CT molecular complexity index is 978. The van der Waals surface area contributed by atoms with Gasteiger partial charge in [0.2, 0.25) is 5.89 Å². The molecule has 0 saturated heterocycles. The number of ether oxygens (including phenoxy) is 2. The fraction of sp³-hybridized carbons (Fsp3) is 0.200. The van der Waals surface area contributed by atoms with Gasteiger partial charge in [-0.15, -0.1) is 0 Å². The number of hydrogen-bond donors (Lipinski definition) is 0. The van der Waals surface area contributed by atoms with E-state index in [0.717, 1.165) is 12.1 Å². The van der Waals surface area contributed by atoms with Gasteiger partial charge in [0.1, 0.15) is 35.8 Å². The van der Waals surface area contributed by atoms with Crippen LogP contribution in [0, 0.1) is 6.92 Å². The number of alkyl halides is 3. The molecule has 0 radical (unpaired) electrons. The normalized spacial score (nSPS) is 11.3. The second kappa shape index (κ2) is 7.75. The van der Waals surface area contributed by atoms with E-state index in [1.165, 1.54) is 19.2 Å². The molecular weight excluding hydrogens is 375 g/mol. The molecule has 3 aromatic rings.